The molecule has 0 radical (unpaired) electrons. The maximum Gasteiger partial charge on any atom is 0.246 e. The summed E-state index contributed by atoms with van der Waals surface area (Å²) >= 11 is 0. The first kappa shape index (κ1) is 34.4. The van der Waals surface area contributed by atoms with Crippen LogP contribution in [0.25, 0.3) is 0 Å². The van der Waals surface area contributed by atoms with Crippen molar-refractivity contribution in [1.29, 1.82) is 0 Å². The molecule has 3 N–H and O–H groups in total. The lowest BCUT2D eigenvalue weighted by Gasteiger charge is -2.36. The van der Waals surface area contributed by atoms with Gasteiger partial charge in [0, 0.05) is 24.4 Å². The van der Waals surface area contributed by atoms with Crippen molar-refractivity contribution >= 4 is 23.5 Å². The van der Waals surface area contributed by atoms with Crippen LogP contribution in [0.5, 0.6) is 0 Å². The maximum absolute atomic E-state index is 14.3. The summed E-state index contributed by atoms with van der Waals surface area (Å²) in [6.45, 7) is 8.07. The number of hydrogen-bond acceptors (Lipinski definition) is 5. The second kappa shape index (κ2) is 15.7. The lowest BCUT2D eigenvalue weighted by Crippen LogP contribution is -2.57. The van der Waals surface area contributed by atoms with Crippen molar-refractivity contribution < 1.29 is 19.2 Å². The highest BCUT2D eigenvalue weighted by molar-refractivity contribution is 5.96. The van der Waals surface area contributed by atoms with E-state index in [2.05, 4.69) is 16.0 Å². The van der Waals surface area contributed by atoms with Gasteiger partial charge in [-0.05, 0) is 77.5 Å². The smallest absolute Gasteiger partial charge is 0.246 e. The fraction of sp³-hybridized carbons (Fsp3) is 0.568. The van der Waals surface area contributed by atoms with Gasteiger partial charge >= 0.3 is 0 Å². The van der Waals surface area contributed by atoms with Gasteiger partial charge in [0.2, 0.25) is 17.7 Å². The predicted molar refractivity (Wildman–Crippen MR) is 177 cm³/mol. The third-order valence-corrected chi connectivity index (χ3v) is 9.39. The van der Waals surface area contributed by atoms with Crippen LogP contribution in [0.4, 0.5) is 0 Å². The number of benzene rings is 2. The molecule has 2 aliphatic rings. The Morgan fingerprint density at radius 1 is 0.822 bits per heavy atom. The van der Waals surface area contributed by atoms with Crippen LogP contribution in [-0.2, 0) is 19.2 Å². The van der Waals surface area contributed by atoms with Crippen molar-refractivity contribution in [3.63, 3.8) is 0 Å². The average molecular weight is 617 g/mol. The number of nitrogens with zero attached hydrogens (tertiary/aromatic N) is 1. The SMILES string of the molecule is CN[C@@H](C)C(=O)N[C@H](C(=O)N1CCC[C@H]1C(=O)C[C@H](C(=O)NC(C)(C)C)C(c1ccccc1)c1ccccc1)C1CCCCC1. The van der Waals surface area contributed by atoms with Crippen LogP contribution in [0.2, 0.25) is 0 Å². The van der Waals surface area contributed by atoms with Gasteiger partial charge in [-0.3, -0.25) is 19.2 Å². The van der Waals surface area contributed by atoms with Crippen molar-refractivity contribution in [3.8, 4) is 0 Å². The van der Waals surface area contributed by atoms with Crippen LogP contribution in [-0.4, -0.2) is 65.7 Å². The normalized spacial score (nSPS) is 19.5. The molecule has 8 nitrogen and oxygen atoms in total. The first-order valence-corrected chi connectivity index (χ1v) is 16.7. The van der Waals surface area contributed by atoms with Crippen LogP contribution in [0.15, 0.2) is 60.7 Å². The number of rotatable bonds is 12. The minimum atomic E-state index is -0.676. The van der Waals surface area contributed by atoms with E-state index in [0.29, 0.717) is 19.4 Å². The first-order chi connectivity index (χ1) is 21.5. The van der Waals surface area contributed by atoms with Gasteiger partial charge in [-0.15, -0.1) is 0 Å². The highest BCUT2D eigenvalue weighted by Gasteiger charge is 2.43. The number of likely N-dealkylation sites (N-methyl/N-ethyl adjacent to an activating group) is 1. The van der Waals surface area contributed by atoms with E-state index in [-0.39, 0.29) is 41.8 Å². The second-order valence-corrected chi connectivity index (χ2v) is 13.9. The Bertz CT molecular complexity index is 1250. The van der Waals surface area contributed by atoms with E-state index in [1.165, 1.54) is 0 Å². The molecule has 2 aromatic rings. The standard InChI is InChI=1S/C37H52N4O4/c1-25(38-5)34(43)39-33(28-20-13-8-14-21-28)36(45)41-23-15-22-30(41)31(42)24-29(35(44)40-37(2,3)4)32(26-16-9-6-10-17-26)27-18-11-7-12-19-27/h6-7,9-12,16-19,25,28-30,32-33,38H,8,13-15,20-24H2,1-5H3,(H,39,43)(H,40,44)/t25-,29-,30-,33-/m0/s1. The second-order valence-electron chi connectivity index (χ2n) is 13.9. The Morgan fingerprint density at radius 2 is 1.40 bits per heavy atom. The van der Waals surface area contributed by atoms with Crippen molar-refractivity contribution in [3.05, 3.63) is 71.8 Å². The fourth-order valence-corrected chi connectivity index (χ4v) is 6.96. The quantitative estimate of drug-likeness (QED) is 0.312. The predicted octanol–water partition coefficient (Wildman–Crippen LogP) is 4.97. The summed E-state index contributed by atoms with van der Waals surface area (Å²) in [5.74, 6) is -1.65. The minimum absolute atomic E-state index is 0.00204. The monoisotopic (exact) mass is 616 g/mol. The lowest BCUT2D eigenvalue weighted by atomic mass is 9.76. The molecule has 2 fully saturated rings. The number of nitrogens with one attached hydrogen (secondary N) is 3. The number of Topliss-reactive ketones (excluding diaryl/α,β-unsaturated/α-hetero) is 1. The lowest BCUT2D eigenvalue weighted by molar-refractivity contribution is -0.143. The molecule has 3 amide bonds. The number of carbonyl (C=O) groups excluding carboxylic acids is 4. The van der Waals surface area contributed by atoms with Gasteiger partial charge in [0.05, 0.1) is 18.0 Å². The summed E-state index contributed by atoms with van der Waals surface area (Å²) < 4.78 is 0. The summed E-state index contributed by atoms with van der Waals surface area (Å²) in [7, 11) is 1.72. The Hall–Kier alpha value is -3.52. The Labute approximate surface area is 269 Å². The summed E-state index contributed by atoms with van der Waals surface area (Å²) in [5, 5.41) is 9.16. The van der Waals surface area contributed by atoms with Gasteiger partial charge in [-0.2, -0.15) is 0 Å². The molecule has 0 aromatic heterocycles. The van der Waals surface area contributed by atoms with Crippen LogP contribution in [0.3, 0.4) is 0 Å². The molecule has 0 bridgehead atoms. The third-order valence-electron chi connectivity index (χ3n) is 9.39. The largest absolute Gasteiger partial charge is 0.351 e. The van der Waals surface area contributed by atoms with Crippen molar-refractivity contribution in [2.45, 2.75) is 109 Å². The molecule has 4 rings (SSSR count). The topological polar surface area (TPSA) is 108 Å². The van der Waals surface area contributed by atoms with Crippen LogP contribution in [0, 0.1) is 11.8 Å². The molecular weight excluding hydrogens is 564 g/mol. The molecule has 0 unspecified atom stereocenters. The molecule has 2 aromatic carbocycles. The van der Waals surface area contributed by atoms with E-state index < -0.39 is 29.6 Å². The zero-order valence-electron chi connectivity index (χ0n) is 27.7. The molecule has 8 heteroatoms. The molecule has 1 aliphatic carbocycles. The maximum atomic E-state index is 14.3. The zero-order valence-corrected chi connectivity index (χ0v) is 27.7. The van der Waals surface area contributed by atoms with Crippen LogP contribution in [0.1, 0.15) is 96.1 Å². The average Bonchev–Trinajstić information content (AvgIpc) is 3.53. The minimum Gasteiger partial charge on any atom is -0.351 e. The molecule has 0 spiro atoms. The Morgan fingerprint density at radius 3 is 1.93 bits per heavy atom. The highest BCUT2D eigenvalue weighted by Crippen LogP contribution is 2.37. The Balaban J connectivity index is 1.64. The van der Waals surface area contributed by atoms with E-state index >= 15 is 0 Å². The van der Waals surface area contributed by atoms with Gasteiger partial charge in [0.1, 0.15) is 6.04 Å². The van der Waals surface area contributed by atoms with E-state index in [0.717, 1.165) is 43.2 Å². The molecule has 45 heavy (non-hydrogen) atoms. The summed E-state index contributed by atoms with van der Waals surface area (Å²) in [5.41, 5.74) is 1.44. The molecule has 244 valence electrons. The van der Waals surface area contributed by atoms with Gasteiger partial charge in [0.15, 0.2) is 5.78 Å². The van der Waals surface area contributed by atoms with E-state index in [4.69, 9.17) is 0 Å². The fourth-order valence-electron chi connectivity index (χ4n) is 6.96. The zero-order chi connectivity index (χ0) is 32.6. The number of ketones is 1. The summed E-state index contributed by atoms with van der Waals surface area (Å²) in [6, 6.07) is 18.0. The molecular formula is C37H52N4O4. The molecule has 1 heterocycles. The summed E-state index contributed by atoms with van der Waals surface area (Å²) in [6.07, 6.45) is 6.20. The van der Waals surface area contributed by atoms with Gasteiger partial charge < -0.3 is 20.9 Å². The summed E-state index contributed by atoms with van der Waals surface area (Å²) in [4.78, 5) is 57.3. The molecule has 1 saturated heterocycles. The van der Waals surface area contributed by atoms with Crippen molar-refractivity contribution in [1.82, 2.24) is 20.9 Å². The molecule has 4 atom stereocenters. The van der Waals surface area contributed by atoms with Crippen molar-refractivity contribution in [2.75, 3.05) is 13.6 Å². The molecule has 1 aliphatic heterocycles. The number of amides is 3. The number of likely N-dealkylation sites (tertiary alicyclic amines) is 1. The van der Waals surface area contributed by atoms with E-state index in [9.17, 15) is 19.2 Å². The highest BCUT2D eigenvalue weighted by atomic mass is 16.2. The van der Waals surface area contributed by atoms with E-state index in [1.54, 1.807) is 18.9 Å². The van der Waals surface area contributed by atoms with Crippen LogP contribution < -0.4 is 16.0 Å². The van der Waals surface area contributed by atoms with Gasteiger partial charge in [-0.25, -0.2) is 0 Å². The van der Waals surface area contributed by atoms with Crippen molar-refractivity contribution in [2.24, 2.45) is 11.8 Å². The molecule has 1 saturated carbocycles. The van der Waals surface area contributed by atoms with Gasteiger partial charge in [-0.1, -0.05) is 79.9 Å². The number of hydrogen-bond donors (Lipinski definition) is 3. The van der Waals surface area contributed by atoms with E-state index in [1.807, 2.05) is 81.4 Å². The van der Waals surface area contributed by atoms with Gasteiger partial charge in [0.25, 0.3) is 0 Å². The van der Waals surface area contributed by atoms with Crippen LogP contribution >= 0.6 is 0 Å². The number of carbonyl (C=O) groups is 4. The third kappa shape index (κ3) is 9.03. The Kier molecular flexibility index (Phi) is 12.0. The first-order valence-electron chi connectivity index (χ1n) is 16.7.